The number of nitrogens with one attached hydrogen (secondary N) is 3. The van der Waals surface area contributed by atoms with E-state index < -0.39 is 31.8 Å². The van der Waals surface area contributed by atoms with Gasteiger partial charge in [-0.2, -0.15) is 4.31 Å². The van der Waals surface area contributed by atoms with Crippen molar-refractivity contribution >= 4 is 20.0 Å². The van der Waals surface area contributed by atoms with Gasteiger partial charge in [0.25, 0.3) is 0 Å². The van der Waals surface area contributed by atoms with Crippen molar-refractivity contribution in [2.24, 2.45) is 0 Å². The maximum atomic E-state index is 14.1. The summed E-state index contributed by atoms with van der Waals surface area (Å²) in [6.07, 6.45) is 0.966. The van der Waals surface area contributed by atoms with Crippen LogP contribution in [-0.2, 0) is 31.3 Å². The monoisotopic (exact) mass is 730 g/mol. The quantitative estimate of drug-likeness (QED) is 0.172. The van der Waals surface area contributed by atoms with Gasteiger partial charge in [0.05, 0.1) is 23.7 Å². The van der Waals surface area contributed by atoms with Gasteiger partial charge in [-0.3, -0.25) is 0 Å². The summed E-state index contributed by atoms with van der Waals surface area (Å²) in [5.74, 6) is 0.684. The molecule has 2 saturated heterocycles. The molecular formula is C36H50N4O8S2. The number of aliphatic hydroxyl groups is 1. The molecular weight excluding hydrogens is 681 g/mol. The number of hydrogen-bond acceptors (Lipinski definition) is 10. The fourth-order valence-electron chi connectivity index (χ4n) is 6.30. The topological polar surface area (TPSA) is 156 Å². The van der Waals surface area contributed by atoms with Crippen LogP contribution in [0.3, 0.4) is 0 Å². The van der Waals surface area contributed by atoms with Crippen LogP contribution in [0.15, 0.2) is 76.5 Å². The van der Waals surface area contributed by atoms with E-state index in [9.17, 15) is 21.9 Å². The minimum Gasteiger partial charge on any atom is -0.492 e. The van der Waals surface area contributed by atoms with E-state index in [1.54, 1.807) is 24.3 Å². The summed E-state index contributed by atoms with van der Waals surface area (Å²) >= 11 is 0. The highest BCUT2D eigenvalue weighted by Gasteiger charge is 2.45. The van der Waals surface area contributed by atoms with Gasteiger partial charge in [-0.1, -0.05) is 50.2 Å². The number of ether oxygens (including phenoxy) is 3. The smallest absolute Gasteiger partial charge is 0.246 e. The van der Waals surface area contributed by atoms with Gasteiger partial charge in [-0.25, -0.2) is 21.6 Å². The largest absolute Gasteiger partial charge is 0.492 e. The predicted molar refractivity (Wildman–Crippen MR) is 192 cm³/mol. The molecule has 2 fully saturated rings. The van der Waals surface area contributed by atoms with Crippen molar-refractivity contribution in [2.45, 2.75) is 80.2 Å². The standard InChI is InChI=1S/C36H50N4O8S2/c1-5-46-34-14-13-29(28-11-9-27(10-12-28)22-38-26(2)3)19-35(34)50(44,45)40-17-15-36(16-18-40)21-30(24-48-36)39-23-31(41)25-47-32-7-6-8-33(20-32)49(42,43)37-4/h6-14,19-20,26,30-31,37-39,41H,5,15-18,21-25H2,1-4H3/t30-,31+/m1/s1. The summed E-state index contributed by atoms with van der Waals surface area (Å²) < 4.78 is 73.8. The van der Waals surface area contributed by atoms with Crippen LogP contribution in [0.4, 0.5) is 0 Å². The number of hydrogen-bond donors (Lipinski definition) is 4. The molecule has 274 valence electrons. The first-order valence-corrected chi connectivity index (χ1v) is 20.1. The number of sulfonamides is 2. The first kappa shape index (κ1) is 38.2. The van der Waals surface area contributed by atoms with Crippen molar-refractivity contribution in [1.82, 2.24) is 19.7 Å². The second kappa shape index (κ2) is 16.5. The Morgan fingerprint density at radius 2 is 1.70 bits per heavy atom. The first-order chi connectivity index (χ1) is 23.8. The number of piperidine rings is 1. The molecule has 0 saturated carbocycles. The van der Waals surface area contributed by atoms with Gasteiger partial charge in [0.2, 0.25) is 20.0 Å². The average Bonchev–Trinajstić information content (AvgIpc) is 3.51. The zero-order valence-corrected chi connectivity index (χ0v) is 30.9. The lowest BCUT2D eigenvalue weighted by Crippen LogP contribution is -2.47. The van der Waals surface area contributed by atoms with Crippen molar-refractivity contribution in [2.75, 3.05) is 46.5 Å². The van der Waals surface area contributed by atoms with Crippen molar-refractivity contribution in [3.05, 3.63) is 72.3 Å². The summed E-state index contributed by atoms with van der Waals surface area (Å²) in [7, 11) is -6.12. The minimum absolute atomic E-state index is 0.00862. The molecule has 3 aromatic rings. The van der Waals surface area contributed by atoms with E-state index in [-0.39, 0.29) is 29.0 Å². The fraction of sp³-hybridized carbons (Fsp3) is 0.500. The Labute approximate surface area is 296 Å². The molecule has 1 spiro atoms. The van der Waals surface area contributed by atoms with Crippen molar-refractivity contribution in [3.8, 4) is 22.6 Å². The molecule has 0 aliphatic carbocycles. The van der Waals surface area contributed by atoms with Crippen molar-refractivity contribution in [3.63, 3.8) is 0 Å². The fourth-order valence-corrected chi connectivity index (χ4v) is 8.66. The molecule has 4 N–H and O–H groups in total. The van der Waals surface area contributed by atoms with Crippen LogP contribution in [0.1, 0.15) is 45.6 Å². The molecule has 0 bridgehead atoms. The van der Waals surface area contributed by atoms with Gasteiger partial charge in [0, 0.05) is 44.3 Å². The molecule has 50 heavy (non-hydrogen) atoms. The van der Waals surface area contributed by atoms with E-state index in [0.29, 0.717) is 63.1 Å². The van der Waals surface area contributed by atoms with Crippen LogP contribution in [0, 0.1) is 0 Å². The number of nitrogens with zero attached hydrogens (tertiary/aromatic N) is 1. The van der Waals surface area contributed by atoms with Crippen molar-refractivity contribution < 1.29 is 36.2 Å². The van der Waals surface area contributed by atoms with Crippen molar-refractivity contribution in [1.29, 1.82) is 0 Å². The molecule has 14 heteroatoms. The Kier molecular flexibility index (Phi) is 12.6. The van der Waals surface area contributed by atoms with Crippen LogP contribution in [0.25, 0.3) is 11.1 Å². The van der Waals surface area contributed by atoms with E-state index in [4.69, 9.17) is 14.2 Å². The molecule has 2 aliphatic rings. The normalized spacial score (nSPS) is 18.8. The maximum Gasteiger partial charge on any atom is 0.246 e. The third-order valence-electron chi connectivity index (χ3n) is 9.17. The lowest BCUT2D eigenvalue weighted by molar-refractivity contribution is -0.0312. The molecule has 2 atom stereocenters. The van der Waals surface area contributed by atoms with Crippen LogP contribution in [0.5, 0.6) is 11.5 Å². The lowest BCUT2D eigenvalue weighted by atomic mass is 9.88. The first-order valence-electron chi connectivity index (χ1n) is 17.2. The van der Waals surface area contributed by atoms with E-state index >= 15 is 0 Å². The summed E-state index contributed by atoms with van der Waals surface area (Å²) in [4.78, 5) is 0.244. The summed E-state index contributed by atoms with van der Waals surface area (Å²) in [5, 5.41) is 17.3. The Bertz CT molecular complexity index is 1790. The third kappa shape index (κ3) is 9.42. The molecule has 0 aromatic heterocycles. The Morgan fingerprint density at radius 1 is 0.980 bits per heavy atom. The van der Waals surface area contributed by atoms with Gasteiger partial charge < -0.3 is 30.0 Å². The Balaban J connectivity index is 1.15. The van der Waals surface area contributed by atoms with Gasteiger partial charge in [0.1, 0.15) is 29.1 Å². The van der Waals surface area contributed by atoms with E-state index in [0.717, 1.165) is 23.2 Å². The zero-order valence-electron chi connectivity index (χ0n) is 29.2. The van der Waals surface area contributed by atoms with Gasteiger partial charge in [-0.15, -0.1) is 0 Å². The van der Waals surface area contributed by atoms with E-state index in [1.165, 1.54) is 23.5 Å². The van der Waals surface area contributed by atoms with Gasteiger partial charge in [0.15, 0.2) is 0 Å². The summed E-state index contributed by atoms with van der Waals surface area (Å²) in [6, 6.07) is 20.0. The van der Waals surface area contributed by atoms with Crippen LogP contribution >= 0.6 is 0 Å². The molecule has 0 amide bonds. The van der Waals surface area contributed by atoms with Crippen LogP contribution in [0.2, 0.25) is 0 Å². The Morgan fingerprint density at radius 3 is 2.38 bits per heavy atom. The highest BCUT2D eigenvalue weighted by atomic mass is 32.2. The third-order valence-corrected chi connectivity index (χ3v) is 12.5. The van der Waals surface area contributed by atoms with Gasteiger partial charge >= 0.3 is 0 Å². The molecule has 2 heterocycles. The number of benzene rings is 3. The second-order valence-corrected chi connectivity index (χ2v) is 17.0. The van der Waals surface area contributed by atoms with E-state index in [1.807, 2.05) is 25.1 Å². The molecule has 0 unspecified atom stereocenters. The molecule has 3 aromatic carbocycles. The zero-order chi connectivity index (χ0) is 35.9. The highest BCUT2D eigenvalue weighted by molar-refractivity contribution is 7.89. The number of aliphatic hydroxyl groups excluding tert-OH is 1. The summed E-state index contributed by atoms with van der Waals surface area (Å²) in [5.41, 5.74) is 2.45. The summed E-state index contributed by atoms with van der Waals surface area (Å²) in [6.45, 7) is 8.49. The lowest BCUT2D eigenvalue weighted by Gasteiger charge is -2.38. The molecule has 0 radical (unpaired) electrons. The SMILES string of the molecule is CCOc1ccc(-c2ccc(CNC(C)C)cc2)cc1S(=O)(=O)N1CCC2(CC1)C[C@@H](NC[C@H](O)COc1cccc(S(=O)(=O)NC)c1)CO2. The van der Waals surface area contributed by atoms with E-state index in [2.05, 4.69) is 41.3 Å². The molecule has 5 rings (SSSR count). The minimum atomic E-state index is -3.85. The molecule has 2 aliphatic heterocycles. The highest BCUT2D eigenvalue weighted by Crippen LogP contribution is 2.39. The van der Waals surface area contributed by atoms with Crippen LogP contribution in [-0.4, -0.2) is 96.5 Å². The second-order valence-electron chi connectivity index (χ2n) is 13.2. The number of rotatable bonds is 16. The maximum absolute atomic E-state index is 14.1. The predicted octanol–water partition coefficient (Wildman–Crippen LogP) is 3.50. The molecule has 12 nitrogen and oxygen atoms in total. The Hall–Kier alpha value is -3.08. The van der Waals surface area contributed by atoms with Gasteiger partial charge in [-0.05, 0) is 74.2 Å². The van der Waals surface area contributed by atoms with Crippen LogP contribution < -0.4 is 24.8 Å². The average molecular weight is 731 g/mol.